The van der Waals surface area contributed by atoms with Gasteiger partial charge in [0.1, 0.15) is 6.04 Å². The molecule has 1 atom stereocenters. The molecule has 0 aliphatic rings. The molecule has 0 radical (unpaired) electrons. The number of nitrogens with two attached hydrogens (primary N) is 1. The van der Waals surface area contributed by atoms with Crippen LogP contribution in [0.15, 0.2) is 48.5 Å². The Morgan fingerprint density at radius 1 is 1.03 bits per heavy atom. The summed E-state index contributed by atoms with van der Waals surface area (Å²) in [5.74, 6) is -1.65. The lowest BCUT2D eigenvalue weighted by atomic mass is 9.99. The first-order chi connectivity index (χ1) is 15.5. The van der Waals surface area contributed by atoms with Gasteiger partial charge in [-0.2, -0.15) is 13.2 Å². The van der Waals surface area contributed by atoms with Crippen LogP contribution in [0.25, 0.3) is 0 Å². The molecule has 11 heteroatoms. The fourth-order valence-corrected chi connectivity index (χ4v) is 4.87. The molecule has 2 aromatic rings. The first-order valence-corrected chi connectivity index (χ1v) is 11.9. The van der Waals surface area contributed by atoms with E-state index < -0.39 is 43.6 Å². The maximum Gasteiger partial charge on any atom is 0.416 e. The van der Waals surface area contributed by atoms with Gasteiger partial charge < -0.3 is 20.1 Å². The van der Waals surface area contributed by atoms with Crippen LogP contribution in [0.5, 0.6) is 0 Å². The molecule has 2 aromatic carbocycles. The minimum absolute atomic E-state index is 0.00865. The van der Waals surface area contributed by atoms with Gasteiger partial charge in [0, 0.05) is 12.0 Å². The summed E-state index contributed by atoms with van der Waals surface area (Å²) in [5, 5.41) is 2.38. The standard InChI is InChI=1S/C22H26F3N2O5P/c1-3-31-33(30,32-4-2)14-15-9-11-16(12-10-15)21(29)27-19(20(26)28)13-17-7-5-6-8-18(17)22(23,24)25/h5-12,19H,3-4,13-14H2,1-2H3,(H2,26,28)(H,27,29)/t19-/m0/s1. The van der Waals surface area contributed by atoms with Crippen LogP contribution >= 0.6 is 7.60 Å². The number of carbonyl (C=O) groups excluding carboxylic acids is 2. The summed E-state index contributed by atoms with van der Waals surface area (Å²) in [6, 6.07) is 9.41. The topological polar surface area (TPSA) is 108 Å². The lowest BCUT2D eigenvalue weighted by Crippen LogP contribution is -2.46. The Balaban J connectivity index is 2.14. The van der Waals surface area contributed by atoms with Gasteiger partial charge in [0.25, 0.3) is 5.91 Å². The average molecular weight is 486 g/mol. The maximum atomic E-state index is 13.2. The first kappa shape index (κ1) is 26.6. The molecular formula is C22H26F3N2O5P. The Kier molecular flexibility index (Phi) is 9.22. The van der Waals surface area contributed by atoms with Crippen LogP contribution in [0.2, 0.25) is 0 Å². The van der Waals surface area contributed by atoms with E-state index in [2.05, 4.69) is 5.32 Å². The van der Waals surface area contributed by atoms with E-state index in [4.69, 9.17) is 14.8 Å². The molecule has 0 aromatic heterocycles. The third kappa shape index (κ3) is 7.70. The van der Waals surface area contributed by atoms with E-state index in [1.807, 2.05) is 0 Å². The molecule has 0 heterocycles. The lowest BCUT2D eigenvalue weighted by Gasteiger charge is -2.19. The van der Waals surface area contributed by atoms with Crippen LogP contribution in [-0.2, 0) is 37.2 Å². The normalized spacial score (nSPS) is 12.9. The largest absolute Gasteiger partial charge is 0.416 e. The number of rotatable bonds is 11. The van der Waals surface area contributed by atoms with E-state index >= 15 is 0 Å². The van der Waals surface area contributed by atoms with Crippen molar-refractivity contribution in [3.05, 3.63) is 70.8 Å². The van der Waals surface area contributed by atoms with E-state index in [1.54, 1.807) is 26.0 Å². The molecule has 2 rings (SSSR count). The van der Waals surface area contributed by atoms with Gasteiger partial charge in [-0.25, -0.2) is 0 Å². The predicted molar refractivity (Wildman–Crippen MR) is 117 cm³/mol. The number of alkyl halides is 3. The van der Waals surface area contributed by atoms with Crippen molar-refractivity contribution in [2.45, 2.75) is 38.6 Å². The molecule has 33 heavy (non-hydrogen) atoms. The molecule has 0 saturated carbocycles. The summed E-state index contributed by atoms with van der Waals surface area (Å²) in [7, 11) is -3.33. The zero-order valence-corrected chi connectivity index (χ0v) is 19.1. The minimum Gasteiger partial charge on any atom is -0.368 e. The monoisotopic (exact) mass is 486 g/mol. The molecule has 0 unspecified atom stereocenters. The summed E-state index contributed by atoms with van der Waals surface area (Å²) in [6.45, 7) is 3.82. The zero-order valence-electron chi connectivity index (χ0n) is 18.2. The SMILES string of the molecule is CCOP(=O)(Cc1ccc(C(=O)N[C@@H](Cc2ccccc2C(F)(F)F)C(N)=O)cc1)OCC. The van der Waals surface area contributed by atoms with Crippen molar-refractivity contribution >= 4 is 19.4 Å². The minimum atomic E-state index is -4.61. The summed E-state index contributed by atoms with van der Waals surface area (Å²) in [6.07, 6.45) is -5.02. The molecule has 7 nitrogen and oxygen atoms in total. The molecule has 180 valence electrons. The number of nitrogens with one attached hydrogen (secondary N) is 1. The predicted octanol–water partition coefficient (Wildman–Crippen LogP) is 4.30. The van der Waals surface area contributed by atoms with Crippen LogP contribution in [0, 0.1) is 0 Å². The van der Waals surface area contributed by atoms with Gasteiger partial charge in [-0.1, -0.05) is 30.3 Å². The summed E-state index contributed by atoms with van der Waals surface area (Å²) in [4.78, 5) is 24.4. The van der Waals surface area contributed by atoms with Crippen molar-refractivity contribution in [1.29, 1.82) is 0 Å². The van der Waals surface area contributed by atoms with Crippen molar-refractivity contribution in [2.75, 3.05) is 13.2 Å². The van der Waals surface area contributed by atoms with Crippen LogP contribution in [0.1, 0.15) is 40.9 Å². The van der Waals surface area contributed by atoms with Crippen LogP contribution in [-0.4, -0.2) is 31.1 Å². The Morgan fingerprint density at radius 3 is 2.12 bits per heavy atom. The second kappa shape index (κ2) is 11.4. The molecule has 0 spiro atoms. The number of hydrogen-bond acceptors (Lipinski definition) is 5. The fraction of sp³-hybridized carbons (Fsp3) is 0.364. The number of carbonyl (C=O) groups is 2. The Bertz CT molecular complexity index is 1000. The van der Waals surface area contributed by atoms with Crippen molar-refractivity contribution in [3.8, 4) is 0 Å². The van der Waals surface area contributed by atoms with Gasteiger partial charge >= 0.3 is 13.8 Å². The molecule has 0 aliphatic carbocycles. The van der Waals surface area contributed by atoms with Gasteiger partial charge in [0.05, 0.1) is 24.9 Å². The third-order valence-electron chi connectivity index (χ3n) is 4.64. The number of hydrogen-bond donors (Lipinski definition) is 2. The Labute approximate surface area is 190 Å². The van der Waals surface area contributed by atoms with E-state index in [0.29, 0.717) is 5.56 Å². The third-order valence-corrected chi connectivity index (χ3v) is 6.70. The quantitative estimate of drug-likeness (QED) is 0.461. The second-order valence-electron chi connectivity index (χ2n) is 7.09. The van der Waals surface area contributed by atoms with E-state index in [9.17, 15) is 27.3 Å². The molecule has 0 aliphatic heterocycles. The smallest absolute Gasteiger partial charge is 0.368 e. The van der Waals surface area contributed by atoms with E-state index in [-0.39, 0.29) is 30.5 Å². The summed E-state index contributed by atoms with van der Waals surface area (Å²) < 4.78 is 62.8. The highest BCUT2D eigenvalue weighted by molar-refractivity contribution is 7.53. The van der Waals surface area contributed by atoms with Crippen LogP contribution < -0.4 is 11.1 Å². The van der Waals surface area contributed by atoms with Crippen molar-refractivity contribution in [1.82, 2.24) is 5.32 Å². The lowest BCUT2D eigenvalue weighted by molar-refractivity contribution is -0.138. The van der Waals surface area contributed by atoms with Crippen molar-refractivity contribution < 1.29 is 36.4 Å². The number of primary amides is 1. The molecule has 0 bridgehead atoms. The number of benzene rings is 2. The van der Waals surface area contributed by atoms with Gasteiger partial charge in [0.15, 0.2) is 0 Å². The maximum absolute atomic E-state index is 13.2. The molecule has 0 fully saturated rings. The zero-order chi connectivity index (χ0) is 24.6. The fourth-order valence-electron chi connectivity index (χ4n) is 3.17. The van der Waals surface area contributed by atoms with Crippen LogP contribution in [0.4, 0.5) is 13.2 Å². The van der Waals surface area contributed by atoms with Crippen molar-refractivity contribution in [3.63, 3.8) is 0 Å². The number of amides is 2. The van der Waals surface area contributed by atoms with Crippen molar-refractivity contribution in [2.24, 2.45) is 5.73 Å². The average Bonchev–Trinajstić information content (AvgIpc) is 2.73. The van der Waals surface area contributed by atoms with Crippen LogP contribution in [0.3, 0.4) is 0 Å². The molecular weight excluding hydrogens is 460 g/mol. The van der Waals surface area contributed by atoms with E-state index in [1.165, 1.54) is 30.3 Å². The summed E-state index contributed by atoms with van der Waals surface area (Å²) >= 11 is 0. The van der Waals surface area contributed by atoms with E-state index in [0.717, 1.165) is 6.07 Å². The molecule has 0 saturated heterocycles. The van der Waals surface area contributed by atoms with Gasteiger partial charge in [-0.3, -0.25) is 14.2 Å². The second-order valence-corrected chi connectivity index (χ2v) is 9.14. The highest BCUT2D eigenvalue weighted by Gasteiger charge is 2.34. The summed E-state index contributed by atoms with van der Waals surface area (Å²) in [5.41, 5.74) is 5.02. The molecule has 3 N–H and O–H groups in total. The Morgan fingerprint density at radius 2 is 1.61 bits per heavy atom. The first-order valence-electron chi connectivity index (χ1n) is 10.2. The van der Waals surface area contributed by atoms with Gasteiger partial charge in [0.2, 0.25) is 5.91 Å². The molecule has 2 amide bonds. The highest BCUT2D eigenvalue weighted by Crippen LogP contribution is 2.51. The van der Waals surface area contributed by atoms with Gasteiger partial charge in [-0.15, -0.1) is 0 Å². The Hall–Kier alpha value is -2.68. The highest BCUT2D eigenvalue weighted by atomic mass is 31.2. The van der Waals surface area contributed by atoms with Gasteiger partial charge in [-0.05, 0) is 43.2 Å². The number of halogens is 3.